The van der Waals surface area contributed by atoms with E-state index in [4.69, 9.17) is 15.4 Å². The van der Waals surface area contributed by atoms with Gasteiger partial charge in [0, 0.05) is 45.5 Å². The lowest BCUT2D eigenvalue weighted by Gasteiger charge is -2.15. The molecule has 0 fully saturated rings. The highest BCUT2D eigenvalue weighted by molar-refractivity contribution is 6.03. The molecule has 3 aromatic heterocycles. The number of rotatable bonds is 6. The number of amides is 1. The van der Waals surface area contributed by atoms with Crippen LogP contribution in [-0.2, 0) is 26.8 Å². The van der Waals surface area contributed by atoms with Crippen molar-refractivity contribution in [3.8, 4) is 22.8 Å². The van der Waals surface area contributed by atoms with Crippen LogP contribution in [0.5, 0.6) is 0 Å². The third-order valence-electron chi connectivity index (χ3n) is 7.18. The summed E-state index contributed by atoms with van der Waals surface area (Å²) in [4.78, 5) is 28.2. The Morgan fingerprint density at radius 3 is 2.26 bits per heavy atom. The number of alkyl halides is 3. The van der Waals surface area contributed by atoms with Crippen molar-refractivity contribution in [2.24, 2.45) is 14.1 Å². The predicted molar refractivity (Wildman–Crippen MR) is 153 cm³/mol. The Kier molecular flexibility index (Phi) is 7.25. The van der Waals surface area contributed by atoms with E-state index in [0.29, 0.717) is 22.6 Å². The molecule has 3 heterocycles. The highest BCUT2D eigenvalue weighted by Gasteiger charge is 2.34. The van der Waals surface area contributed by atoms with Gasteiger partial charge in [-0.3, -0.25) is 14.8 Å². The Bertz CT molecular complexity index is 1860. The number of halogens is 3. The van der Waals surface area contributed by atoms with Gasteiger partial charge in [-0.1, -0.05) is 62.4 Å². The van der Waals surface area contributed by atoms with E-state index in [-0.39, 0.29) is 35.5 Å². The van der Waals surface area contributed by atoms with Gasteiger partial charge in [0.15, 0.2) is 22.9 Å². The van der Waals surface area contributed by atoms with Crippen LogP contribution in [0.4, 0.5) is 13.2 Å². The molecule has 0 unspecified atom stereocenters. The molecular formula is C30H31F3N8O. The zero-order valence-electron chi connectivity index (χ0n) is 24.2. The number of hydrogen-bond donors (Lipinski definition) is 1. The van der Waals surface area contributed by atoms with E-state index in [1.165, 1.54) is 16.5 Å². The first kappa shape index (κ1) is 28.8. The molecule has 9 nitrogen and oxygen atoms in total. The zero-order valence-corrected chi connectivity index (χ0v) is 24.2. The molecule has 0 aliphatic heterocycles. The van der Waals surface area contributed by atoms with Gasteiger partial charge in [0.1, 0.15) is 11.3 Å². The quantitative estimate of drug-likeness (QED) is 0.300. The van der Waals surface area contributed by atoms with Crippen LogP contribution >= 0.6 is 0 Å². The summed E-state index contributed by atoms with van der Waals surface area (Å²) in [5.41, 5.74) is 3.38. The van der Waals surface area contributed by atoms with Crippen molar-refractivity contribution in [1.29, 1.82) is 5.41 Å². The van der Waals surface area contributed by atoms with E-state index in [1.54, 1.807) is 54.5 Å². The molecule has 0 saturated heterocycles. The average molecular weight is 577 g/mol. The zero-order chi connectivity index (χ0) is 30.5. The van der Waals surface area contributed by atoms with Crippen molar-refractivity contribution in [3.63, 3.8) is 0 Å². The van der Waals surface area contributed by atoms with E-state index in [1.807, 2.05) is 24.3 Å². The van der Waals surface area contributed by atoms with Gasteiger partial charge in [0.25, 0.3) is 5.91 Å². The van der Waals surface area contributed by atoms with Gasteiger partial charge in [0.05, 0.1) is 6.54 Å². The van der Waals surface area contributed by atoms with Gasteiger partial charge in [-0.2, -0.15) is 13.2 Å². The third-order valence-corrected chi connectivity index (χ3v) is 7.18. The second kappa shape index (κ2) is 10.6. The summed E-state index contributed by atoms with van der Waals surface area (Å²) in [6.45, 7) is 4.39. The number of imidazole rings is 2. The largest absolute Gasteiger partial charge is 0.434 e. The molecule has 0 spiro atoms. The van der Waals surface area contributed by atoms with Gasteiger partial charge in [-0.15, -0.1) is 0 Å². The fraction of sp³-hybridized carbons (Fsp3) is 0.300. The maximum absolute atomic E-state index is 13.3. The van der Waals surface area contributed by atoms with Crippen LogP contribution in [0.3, 0.4) is 0 Å². The fourth-order valence-electron chi connectivity index (χ4n) is 4.98. The lowest BCUT2D eigenvalue weighted by Crippen LogP contribution is -2.25. The number of nitrogens with one attached hydrogen (secondary N) is 1. The fourth-order valence-corrected chi connectivity index (χ4v) is 4.98. The summed E-state index contributed by atoms with van der Waals surface area (Å²) < 4.78 is 44.1. The second-order valence-electron chi connectivity index (χ2n) is 10.7. The molecule has 42 heavy (non-hydrogen) atoms. The molecule has 5 aromatic rings. The molecule has 218 valence electrons. The Morgan fingerprint density at radius 1 is 1.00 bits per heavy atom. The van der Waals surface area contributed by atoms with Gasteiger partial charge in [-0.25, -0.2) is 15.0 Å². The topological polar surface area (TPSA) is 97.6 Å². The number of fused-ring (bicyclic) bond motifs is 1. The van der Waals surface area contributed by atoms with E-state index >= 15 is 0 Å². The van der Waals surface area contributed by atoms with Gasteiger partial charge < -0.3 is 14.0 Å². The summed E-state index contributed by atoms with van der Waals surface area (Å²) in [5, 5.41) is 8.88. The molecule has 1 N–H and O–H groups in total. The van der Waals surface area contributed by atoms with Crippen LogP contribution in [0.1, 0.15) is 47.1 Å². The molecule has 0 radical (unpaired) electrons. The number of aryl methyl sites for hydroxylation is 2. The minimum atomic E-state index is -4.53. The maximum atomic E-state index is 13.3. The molecule has 1 amide bonds. The Labute approximate surface area is 240 Å². The minimum Gasteiger partial charge on any atom is -0.343 e. The number of hydrogen-bond acceptors (Lipinski definition) is 5. The molecule has 0 bridgehead atoms. The highest BCUT2D eigenvalue weighted by atomic mass is 19.4. The summed E-state index contributed by atoms with van der Waals surface area (Å²) in [6.07, 6.45) is -3.57. The molecule has 0 aliphatic rings. The van der Waals surface area contributed by atoms with Crippen LogP contribution in [0.25, 0.3) is 33.9 Å². The first-order valence-corrected chi connectivity index (χ1v) is 13.3. The monoisotopic (exact) mass is 576 g/mol. The molecular weight excluding hydrogens is 545 g/mol. The molecule has 12 heteroatoms. The summed E-state index contributed by atoms with van der Waals surface area (Å²) in [6, 6.07) is 14.8. The summed E-state index contributed by atoms with van der Waals surface area (Å²) in [5.74, 6) is 0.464. The van der Waals surface area contributed by atoms with Crippen LogP contribution in [0.15, 0.2) is 54.7 Å². The molecule has 0 saturated carbocycles. The standard InChI is InChI=1S/C30H31F3N8O/c1-17(2)20-9-7-8-10-21(20)25-36-23(28(42)38(3)4)24-27(37-25)41(29(34)40(24)6)15-18-11-13-19(14-12-18)26-35-22(16-39(26)5)30(31,32)33/h7-14,16-17,34H,15H2,1-6H3. The number of benzene rings is 2. The Hall–Kier alpha value is -4.74. The van der Waals surface area contributed by atoms with E-state index in [2.05, 4.69) is 18.8 Å². The van der Waals surface area contributed by atoms with Gasteiger partial charge in [-0.05, 0) is 17.0 Å². The number of carbonyl (C=O) groups excluding carboxylic acids is 1. The van der Waals surface area contributed by atoms with E-state index in [0.717, 1.165) is 22.9 Å². The van der Waals surface area contributed by atoms with Crippen LogP contribution in [0, 0.1) is 5.41 Å². The second-order valence-corrected chi connectivity index (χ2v) is 10.7. The maximum Gasteiger partial charge on any atom is 0.434 e. The van der Waals surface area contributed by atoms with Gasteiger partial charge >= 0.3 is 6.18 Å². The molecule has 0 aliphatic carbocycles. The van der Waals surface area contributed by atoms with Gasteiger partial charge in [0.2, 0.25) is 5.62 Å². The van der Waals surface area contributed by atoms with Crippen LogP contribution in [-0.4, -0.2) is 53.6 Å². The van der Waals surface area contributed by atoms with E-state index < -0.39 is 11.9 Å². The first-order valence-electron chi connectivity index (χ1n) is 13.3. The Morgan fingerprint density at radius 2 is 1.67 bits per heavy atom. The lowest BCUT2D eigenvalue weighted by atomic mass is 9.97. The van der Waals surface area contributed by atoms with Crippen LogP contribution in [0.2, 0.25) is 0 Å². The molecule has 0 atom stereocenters. The third kappa shape index (κ3) is 5.08. The van der Waals surface area contributed by atoms with Crippen LogP contribution < -0.4 is 5.62 Å². The summed E-state index contributed by atoms with van der Waals surface area (Å²) in [7, 11) is 6.51. The lowest BCUT2D eigenvalue weighted by molar-refractivity contribution is -0.140. The van der Waals surface area contributed by atoms with Crippen molar-refractivity contribution >= 4 is 17.1 Å². The SMILES string of the molecule is CC(C)c1ccccc1-c1nc(C(=O)N(C)C)c2c(n1)n(Cc1ccc(-c3nc(C(F)(F)F)cn3C)cc1)c(=N)n2C. The number of carbonyl (C=O) groups is 1. The highest BCUT2D eigenvalue weighted by Crippen LogP contribution is 2.31. The van der Waals surface area contributed by atoms with Crippen molar-refractivity contribution in [3.05, 3.63) is 82.9 Å². The molecule has 5 rings (SSSR count). The number of aromatic nitrogens is 6. The van der Waals surface area contributed by atoms with Crippen molar-refractivity contribution in [1.82, 2.24) is 33.6 Å². The number of nitrogens with zero attached hydrogens (tertiary/aromatic N) is 7. The Balaban J connectivity index is 1.63. The first-order chi connectivity index (χ1) is 19.8. The normalized spacial score (nSPS) is 12.0. The van der Waals surface area contributed by atoms with Crippen molar-refractivity contribution < 1.29 is 18.0 Å². The van der Waals surface area contributed by atoms with Crippen molar-refractivity contribution in [2.75, 3.05) is 14.1 Å². The van der Waals surface area contributed by atoms with Crippen molar-refractivity contribution in [2.45, 2.75) is 32.5 Å². The predicted octanol–water partition coefficient (Wildman–Crippen LogP) is 5.21. The molecule has 2 aromatic carbocycles. The summed E-state index contributed by atoms with van der Waals surface area (Å²) >= 11 is 0. The smallest absolute Gasteiger partial charge is 0.343 e. The minimum absolute atomic E-state index is 0.115. The average Bonchev–Trinajstić information content (AvgIpc) is 3.46. The van der Waals surface area contributed by atoms with E-state index in [9.17, 15) is 18.0 Å².